The molecule has 0 radical (unpaired) electrons. The average molecular weight is 504 g/mol. The van der Waals surface area contributed by atoms with Crippen molar-refractivity contribution in [3.63, 3.8) is 0 Å². The predicted molar refractivity (Wildman–Crippen MR) is 123 cm³/mol. The van der Waals surface area contributed by atoms with E-state index in [-0.39, 0.29) is 23.5 Å². The van der Waals surface area contributed by atoms with Gasteiger partial charge in [0, 0.05) is 44.4 Å². The zero-order valence-corrected chi connectivity index (χ0v) is 19.4. The summed E-state index contributed by atoms with van der Waals surface area (Å²) in [6.45, 7) is 1.55. The monoisotopic (exact) mass is 503 g/mol. The van der Waals surface area contributed by atoms with Crippen LogP contribution < -0.4 is 5.56 Å². The van der Waals surface area contributed by atoms with Crippen LogP contribution in [-0.4, -0.2) is 58.4 Å². The summed E-state index contributed by atoms with van der Waals surface area (Å²) in [5.41, 5.74) is 1.19. The third kappa shape index (κ3) is 4.37. The minimum absolute atomic E-state index is 0.182. The molecule has 1 saturated heterocycles. The molecule has 0 atom stereocenters. The summed E-state index contributed by atoms with van der Waals surface area (Å²) in [6.07, 6.45) is 0. The van der Waals surface area contributed by atoms with Crippen molar-refractivity contribution in [1.29, 1.82) is 0 Å². The fourth-order valence-corrected chi connectivity index (χ4v) is 6.14. The summed E-state index contributed by atoms with van der Waals surface area (Å²) >= 11 is 1.32. The van der Waals surface area contributed by atoms with Crippen molar-refractivity contribution in [2.45, 2.75) is 11.4 Å². The average Bonchev–Trinajstić information content (AvgIpc) is 3.27. The summed E-state index contributed by atoms with van der Waals surface area (Å²) in [5.74, 6) is -2.30. The van der Waals surface area contributed by atoms with Crippen LogP contribution in [0.5, 0.6) is 0 Å². The molecule has 0 saturated carbocycles. The van der Waals surface area contributed by atoms with E-state index in [0.29, 0.717) is 41.4 Å². The molecule has 0 bridgehead atoms. The van der Waals surface area contributed by atoms with Crippen LogP contribution in [0.2, 0.25) is 0 Å². The van der Waals surface area contributed by atoms with Gasteiger partial charge in [-0.2, -0.15) is 13.9 Å². The highest BCUT2D eigenvalue weighted by atomic mass is 32.2. The molecule has 2 aromatic carbocycles. The first kappa shape index (κ1) is 22.7. The van der Waals surface area contributed by atoms with Gasteiger partial charge in [-0.25, -0.2) is 22.2 Å². The molecule has 0 spiro atoms. The van der Waals surface area contributed by atoms with Crippen molar-refractivity contribution in [3.8, 4) is 10.6 Å². The number of sulfonamides is 1. The molecule has 1 aliphatic heterocycles. The van der Waals surface area contributed by atoms with Crippen LogP contribution in [0.25, 0.3) is 15.5 Å². The normalized spacial score (nSPS) is 15.7. The number of halogens is 2. The highest BCUT2D eigenvalue weighted by Gasteiger charge is 2.29. The summed E-state index contributed by atoms with van der Waals surface area (Å²) in [5, 5.41) is 5.06. The van der Waals surface area contributed by atoms with Gasteiger partial charge in [-0.05, 0) is 18.2 Å². The molecule has 0 unspecified atom stereocenters. The van der Waals surface area contributed by atoms with Crippen molar-refractivity contribution in [3.05, 3.63) is 82.3 Å². The van der Waals surface area contributed by atoms with E-state index in [1.54, 1.807) is 0 Å². The molecule has 0 amide bonds. The second-order valence-corrected chi connectivity index (χ2v) is 10.7. The lowest BCUT2D eigenvalue weighted by atomic mass is 10.2. The van der Waals surface area contributed by atoms with E-state index in [1.165, 1.54) is 26.2 Å². The fraction of sp³-hybridized carbons (Fsp3) is 0.227. The topological polar surface area (TPSA) is 87.9 Å². The van der Waals surface area contributed by atoms with E-state index in [4.69, 9.17) is 0 Å². The van der Waals surface area contributed by atoms with Crippen LogP contribution in [0.4, 0.5) is 8.78 Å². The lowest BCUT2D eigenvalue weighted by Crippen LogP contribution is -2.48. The van der Waals surface area contributed by atoms with Crippen LogP contribution in [0.1, 0.15) is 5.69 Å². The molecule has 4 aromatic rings. The second kappa shape index (κ2) is 8.95. The van der Waals surface area contributed by atoms with E-state index in [9.17, 15) is 22.0 Å². The molecule has 176 valence electrons. The SMILES string of the molecule is O=c1cc(CN2CCN(S(=O)(=O)c3ccc(F)c(F)c3)CC2)nc2sc(-c3ccccc3)nn12. The maximum atomic E-state index is 13.5. The molecule has 5 rings (SSSR count). The number of aromatic nitrogens is 3. The highest BCUT2D eigenvalue weighted by molar-refractivity contribution is 7.89. The summed E-state index contributed by atoms with van der Waals surface area (Å²) < 4.78 is 54.8. The fourth-order valence-electron chi connectivity index (χ4n) is 3.78. The second-order valence-electron chi connectivity index (χ2n) is 7.81. The largest absolute Gasteiger partial charge is 0.295 e. The molecule has 0 N–H and O–H groups in total. The maximum Gasteiger partial charge on any atom is 0.275 e. The Bertz CT molecular complexity index is 1510. The van der Waals surface area contributed by atoms with Crippen molar-refractivity contribution in [1.82, 2.24) is 23.8 Å². The molecule has 1 aliphatic rings. The number of hydrogen-bond acceptors (Lipinski definition) is 7. The van der Waals surface area contributed by atoms with Crippen molar-refractivity contribution < 1.29 is 17.2 Å². The van der Waals surface area contributed by atoms with E-state index in [0.717, 1.165) is 17.7 Å². The number of rotatable bonds is 5. The minimum atomic E-state index is -3.93. The first-order valence-corrected chi connectivity index (χ1v) is 12.7. The van der Waals surface area contributed by atoms with Gasteiger partial charge in [-0.1, -0.05) is 41.7 Å². The van der Waals surface area contributed by atoms with Gasteiger partial charge in [0.2, 0.25) is 15.0 Å². The first-order chi connectivity index (χ1) is 16.3. The van der Waals surface area contributed by atoms with Crippen molar-refractivity contribution in [2.24, 2.45) is 0 Å². The quantitative estimate of drug-likeness (QED) is 0.416. The predicted octanol–water partition coefficient (Wildman–Crippen LogP) is 2.60. The summed E-state index contributed by atoms with van der Waals surface area (Å²) in [4.78, 5) is 19.4. The lowest BCUT2D eigenvalue weighted by Gasteiger charge is -2.33. The van der Waals surface area contributed by atoms with Gasteiger partial charge in [-0.15, -0.1) is 0 Å². The lowest BCUT2D eigenvalue weighted by molar-refractivity contribution is 0.180. The molecule has 8 nitrogen and oxygen atoms in total. The third-order valence-electron chi connectivity index (χ3n) is 5.56. The van der Waals surface area contributed by atoms with Crippen molar-refractivity contribution >= 4 is 26.3 Å². The van der Waals surface area contributed by atoms with Gasteiger partial charge in [0.05, 0.1) is 10.6 Å². The minimum Gasteiger partial charge on any atom is -0.295 e. The molecule has 34 heavy (non-hydrogen) atoms. The Labute approximate surface area is 197 Å². The molecule has 12 heteroatoms. The smallest absolute Gasteiger partial charge is 0.275 e. The van der Waals surface area contributed by atoms with Crippen LogP contribution in [0, 0.1) is 11.6 Å². The Hall–Kier alpha value is -3.06. The van der Waals surface area contributed by atoms with Gasteiger partial charge in [0.1, 0.15) is 5.01 Å². The number of nitrogens with zero attached hydrogens (tertiary/aromatic N) is 5. The Kier molecular flexibility index (Phi) is 5.98. The van der Waals surface area contributed by atoms with E-state index in [2.05, 4.69) is 10.1 Å². The van der Waals surface area contributed by atoms with Crippen LogP contribution >= 0.6 is 11.3 Å². The molecule has 0 aliphatic carbocycles. The molecule has 1 fully saturated rings. The standard InChI is InChI=1S/C22H19F2N5O3S2/c23-18-7-6-17(13-19(18)24)34(31,32)28-10-8-27(9-11-28)14-16-12-20(30)29-22(25-16)33-21(26-29)15-4-2-1-3-5-15/h1-7,12-13H,8-11,14H2. The number of hydrogen-bond donors (Lipinski definition) is 0. The molecule has 2 aromatic heterocycles. The Morgan fingerprint density at radius 3 is 2.38 bits per heavy atom. The molecular weight excluding hydrogens is 484 g/mol. The van der Waals surface area contributed by atoms with Gasteiger partial charge in [-0.3, -0.25) is 9.69 Å². The number of benzene rings is 2. The highest BCUT2D eigenvalue weighted by Crippen LogP contribution is 2.24. The Balaban J connectivity index is 1.29. The van der Waals surface area contributed by atoms with Crippen LogP contribution in [-0.2, 0) is 16.6 Å². The number of piperazine rings is 1. The molecular formula is C22H19F2N5O3S2. The zero-order valence-electron chi connectivity index (χ0n) is 17.8. The zero-order chi connectivity index (χ0) is 23.9. The van der Waals surface area contributed by atoms with Gasteiger partial charge >= 0.3 is 0 Å². The van der Waals surface area contributed by atoms with Crippen LogP contribution in [0.3, 0.4) is 0 Å². The van der Waals surface area contributed by atoms with Crippen molar-refractivity contribution in [2.75, 3.05) is 26.2 Å². The van der Waals surface area contributed by atoms with E-state index in [1.807, 2.05) is 35.2 Å². The first-order valence-electron chi connectivity index (χ1n) is 10.4. The summed E-state index contributed by atoms with van der Waals surface area (Å²) in [7, 11) is -3.93. The van der Waals surface area contributed by atoms with Gasteiger partial charge in [0.25, 0.3) is 5.56 Å². The number of fused-ring (bicyclic) bond motifs is 1. The summed E-state index contributed by atoms with van der Waals surface area (Å²) in [6, 6.07) is 13.5. The maximum absolute atomic E-state index is 13.5. The van der Waals surface area contributed by atoms with E-state index >= 15 is 0 Å². The van der Waals surface area contributed by atoms with E-state index < -0.39 is 21.7 Å². The van der Waals surface area contributed by atoms with Crippen LogP contribution in [0.15, 0.2) is 64.3 Å². The van der Waals surface area contributed by atoms with Gasteiger partial charge in [0.15, 0.2) is 11.6 Å². The Morgan fingerprint density at radius 2 is 1.68 bits per heavy atom. The Morgan fingerprint density at radius 1 is 0.941 bits per heavy atom. The molecule has 3 heterocycles. The van der Waals surface area contributed by atoms with Gasteiger partial charge < -0.3 is 0 Å². The third-order valence-corrected chi connectivity index (χ3v) is 8.42.